The number of carboxylic acid groups (broad SMARTS) is 1. The van der Waals surface area contributed by atoms with Gasteiger partial charge in [-0.15, -0.1) is 0 Å². The maximum absolute atomic E-state index is 11.9. The van der Waals surface area contributed by atoms with Crippen molar-refractivity contribution in [3.05, 3.63) is 47.0 Å². The van der Waals surface area contributed by atoms with E-state index in [2.05, 4.69) is 26.2 Å². The van der Waals surface area contributed by atoms with Crippen molar-refractivity contribution >= 4 is 33.5 Å². The molecule has 0 bridgehead atoms. The summed E-state index contributed by atoms with van der Waals surface area (Å²) in [4.78, 5) is 26.9. The zero-order chi connectivity index (χ0) is 14.5. The third-order valence-electron chi connectivity index (χ3n) is 2.66. The Kier molecular flexibility index (Phi) is 4.52. The number of benzene rings is 1. The van der Waals surface area contributed by atoms with E-state index in [9.17, 15) is 9.59 Å². The van der Waals surface area contributed by atoms with E-state index < -0.39 is 5.97 Å². The summed E-state index contributed by atoms with van der Waals surface area (Å²) in [5.74, 6) is -1.34. The lowest BCUT2D eigenvalue weighted by Crippen LogP contribution is -2.16. The minimum Gasteiger partial charge on any atom is -0.478 e. The molecule has 0 saturated carbocycles. The van der Waals surface area contributed by atoms with Gasteiger partial charge >= 0.3 is 5.97 Å². The second kappa shape index (κ2) is 6.33. The number of amides is 1. The summed E-state index contributed by atoms with van der Waals surface area (Å²) >= 11 is 3.24. The van der Waals surface area contributed by atoms with Crippen molar-refractivity contribution in [3.8, 4) is 0 Å². The molecule has 2 rings (SSSR count). The van der Waals surface area contributed by atoms with Gasteiger partial charge in [-0.3, -0.25) is 4.79 Å². The number of halogens is 1. The molecule has 2 N–H and O–H groups in total. The van der Waals surface area contributed by atoms with Crippen LogP contribution in [0.15, 0.2) is 41.4 Å². The topological polar surface area (TPSA) is 84.2 Å². The minimum atomic E-state index is -1.09. The fourth-order valence-corrected chi connectivity index (χ4v) is 2.15. The Morgan fingerprint density at radius 2 is 2.20 bits per heavy atom. The van der Waals surface area contributed by atoms with Crippen molar-refractivity contribution in [1.29, 1.82) is 0 Å². The van der Waals surface area contributed by atoms with Gasteiger partial charge in [0.15, 0.2) is 0 Å². The van der Waals surface area contributed by atoms with Crippen LogP contribution in [0.2, 0.25) is 0 Å². The molecule has 0 fully saturated rings. The van der Waals surface area contributed by atoms with Crippen LogP contribution in [0.25, 0.3) is 0 Å². The van der Waals surface area contributed by atoms with Gasteiger partial charge in [-0.2, -0.15) is 0 Å². The van der Waals surface area contributed by atoms with Gasteiger partial charge in [0.2, 0.25) is 5.91 Å². The van der Waals surface area contributed by atoms with E-state index in [0.717, 1.165) is 0 Å². The second-order valence-electron chi connectivity index (χ2n) is 4.07. The molecular formula is C13H12BrN3O3. The zero-order valence-corrected chi connectivity index (χ0v) is 12.0. The molecule has 1 aromatic carbocycles. The first kappa shape index (κ1) is 14.3. The summed E-state index contributed by atoms with van der Waals surface area (Å²) in [5.41, 5.74) is 0.325. The molecule has 6 nitrogen and oxygen atoms in total. The van der Waals surface area contributed by atoms with Crippen LogP contribution in [0.4, 0.5) is 5.69 Å². The zero-order valence-electron chi connectivity index (χ0n) is 10.4. The smallest absolute Gasteiger partial charge is 0.337 e. The van der Waals surface area contributed by atoms with Crippen molar-refractivity contribution in [1.82, 2.24) is 9.55 Å². The minimum absolute atomic E-state index is 0.0513. The molecule has 0 atom stereocenters. The third-order valence-corrected chi connectivity index (χ3v) is 3.33. The lowest BCUT2D eigenvalue weighted by atomic mass is 10.1. The van der Waals surface area contributed by atoms with E-state index in [1.807, 2.05) is 0 Å². The van der Waals surface area contributed by atoms with E-state index in [4.69, 9.17) is 5.11 Å². The van der Waals surface area contributed by atoms with E-state index in [-0.39, 0.29) is 23.6 Å². The molecule has 1 amide bonds. The normalized spacial score (nSPS) is 10.2. The van der Waals surface area contributed by atoms with E-state index >= 15 is 0 Å². The largest absolute Gasteiger partial charge is 0.478 e. The highest BCUT2D eigenvalue weighted by Crippen LogP contribution is 2.26. The number of aromatic carboxylic acids is 1. The molecule has 0 saturated heterocycles. The van der Waals surface area contributed by atoms with Crippen LogP contribution in [0.5, 0.6) is 0 Å². The van der Waals surface area contributed by atoms with Gasteiger partial charge in [-0.25, -0.2) is 9.78 Å². The van der Waals surface area contributed by atoms with Crippen LogP contribution < -0.4 is 5.32 Å². The molecule has 104 valence electrons. The predicted molar refractivity (Wildman–Crippen MR) is 76.6 cm³/mol. The van der Waals surface area contributed by atoms with E-state index in [1.165, 1.54) is 6.07 Å². The molecule has 0 unspecified atom stereocenters. The number of carbonyl (C=O) groups excluding carboxylic acids is 1. The van der Waals surface area contributed by atoms with Gasteiger partial charge in [0.05, 0.1) is 17.6 Å². The van der Waals surface area contributed by atoms with Crippen molar-refractivity contribution in [2.24, 2.45) is 0 Å². The highest BCUT2D eigenvalue weighted by atomic mass is 79.9. The second-order valence-corrected chi connectivity index (χ2v) is 4.92. The fourth-order valence-electron chi connectivity index (χ4n) is 1.68. The highest BCUT2D eigenvalue weighted by Gasteiger charge is 2.15. The first-order valence-electron chi connectivity index (χ1n) is 5.85. The summed E-state index contributed by atoms with van der Waals surface area (Å²) in [6, 6.07) is 4.73. The Balaban J connectivity index is 2.06. The maximum atomic E-state index is 11.9. The number of aromatic nitrogens is 2. The standard InChI is InChI=1S/C13H12BrN3O3/c14-10-3-1-2-9(13(19)20)12(10)16-11(18)4-6-17-7-5-15-8-17/h1-3,5,7-8H,4,6H2,(H,16,18)(H,19,20). The van der Waals surface area contributed by atoms with Gasteiger partial charge in [0.25, 0.3) is 0 Å². The number of anilines is 1. The first-order valence-corrected chi connectivity index (χ1v) is 6.64. The molecular weight excluding hydrogens is 326 g/mol. The molecule has 0 aliphatic heterocycles. The Labute approximate surface area is 123 Å². The molecule has 0 spiro atoms. The molecule has 1 aromatic heterocycles. The van der Waals surface area contributed by atoms with Gasteiger partial charge in [-0.05, 0) is 28.1 Å². The van der Waals surface area contributed by atoms with Crippen LogP contribution >= 0.6 is 15.9 Å². The van der Waals surface area contributed by atoms with Gasteiger partial charge < -0.3 is 15.0 Å². The Hall–Kier alpha value is -2.15. The van der Waals surface area contributed by atoms with Crippen LogP contribution in [-0.4, -0.2) is 26.5 Å². The monoisotopic (exact) mass is 337 g/mol. The lowest BCUT2D eigenvalue weighted by molar-refractivity contribution is -0.116. The van der Waals surface area contributed by atoms with Crippen LogP contribution in [0.3, 0.4) is 0 Å². The molecule has 7 heteroatoms. The molecule has 0 aliphatic carbocycles. The van der Waals surface area contributed by atoms with E-state index in [1.54, 1.807) is 35.4 Å². The number of nitrogens with one attached hydrogen (secondary N) is 1. The highest BCUT2D eigenvalue weighted by molar-refractivity contribution is 9.10. The quantitative estimate of drug-likeness (QED) is 0.877. The molecule has 1 heterocycles. The predicted octanol–water partition coefficient (Wildman–Crippen LogP) is 2.37. The fraction of sp³-hybridized carbons (Fsp3) is 0.154. The number of carboxylic acids is 1. The number of nitrogens with zero attached hydrogens (tertiary/aromatic N) is 2. The van der Waals surface area contributed by atoms with Gasteiger partial charge in [0, 0.05) is 29.8 Å². The summed E-state index contributed by atoms with van der Waals surface area (Å²) in [7, 11) is 0. The third kappa shape index (κ3) is 3.45. The number of para-hydroxylation sites is 1. The number of hydrogen-bond acceptors (Lipinski definition) is 3. The number of imidazole rings is 1. The Morgan fingerprint density at radius 1 is 1.40 bits per heavy atom. The van der Waals surface area contributed by atoms with Crippen molar-refractivity contribution in [2.45, 2.75) is 13.0 Å². The molecule has 2 aromatic rings. The van der Waals surface area contributed by atoms with Crippen molar-refractivity contribution in [3.63, 3.8) is 0 Å². The lowest BCUT2D eigenvalue weighted by Gasteiger charge is -2.10. The summed E-state index contributed by atoms with van der Waals surface area (Å²) in [5, 5.41) is 11.7. The van der Waals surface area contributed by atoms with Crippen molar-refractivity contribution in [2.75, 3.05) is 5.32 Å². The molecule has 0 aliphatic rings. The van der Waals surface area contributed by atoms with Crippen molar-refractivity contribution < 1.29 is 14.7 Å². The maximum Gasteiger partial charge on any atom is 0.337 e. The van der Waals surface area contributed by atoms with Crippen LogP contribution in [0, 0.1) is 0 Å². The van der Waals surface area contributed by atoms with Gasteiger partial charge in [-0.1, -0.05) is 6.07 Å². The SMILES string of the molecule is O=C(CCn1ccnc1)Nc1c(Br)cccc1C(=O)O. The average Bonchev–Trinajstić information content (AvgIpc) is 2.91. The summed E-state index contributed by atoms with van der Waals surface area (Å²) < 4.78 is 2.31. The summed E-state index contributed by atoms with van der Waals surface area (Å²) in [6.07, 6.45) is 5.24. The molecule has 20 heavy (non-hydrogen) atoms. The summed E-state index contributed by atoms with van der Waals surface area (Å²) in [6.45, 7) is 0.485. The number of carbonyl (C=O) groups is 2. The number of aryl methyl sites for hydroxylation is 1. The van der Waals surface area contributed by atoms with Crippen LogP contribution in [-0.2, 0) is 11.3 Å². The molecule has 0 radical (unpaired) electrons. The number of rotatable bonds is 5. The Morgan fingerprint density at radius 3 is 2.85 bits per heavy atom. The Bertz CT molecular complexity index is 626. The van der Waals surface area contributed by atoms with Gasteiger partial charge in [0.1, 0.15) is 0 Å². The number of hydrogen-bond donors (Lipinski definition) is 2. The average molecular weight is 338 g/mol. The first-order chi connectivity index (χ1) is 9.58. The van der Waals surface area contributed by atoms with Crippen LogP contribution in [0.1, 0.15) is 16.8 Å². The van der Waals surface area contributed by atoms with E-state index in [0.29, 0.717) is 11.0 Å².